The zero-order valence-corrected chi connectivity index (χ0v) is 12.3. The summed E-state index contributed by atoms with van der Waals surface area (Å²) in [6, 6.07) is 14.8. The zero-order chi connectivity index (χ0) is 14.7. The largest absolute Gasteiger partial charge is 0.469 e. The van der Waals surface area contributed by atoms with Crippen molar-refractivity contribution in [1.82, 2.24) is 10.3 Å². The van der Waals surface area contributed by atoms with Gasteiger partial charge in [0.2, 0.25) is 0 Å². The van der Waals surface area contributed by atoms with Crippen molar-refractivity contribution in [2.24, 2.45) is 0 Å². The Bertz CT molecular complexity index is 744. The second-order valence-electron chi connectivity index (χ2n) is 4.31. The number of benzene rings is 2. The monoisotopic (exact) mass is 320 g/mol. The highest BCUT2D eigenvalue weighted by Gasteiger charge is 2.14. The summed E-state index contributed by atoms with van der Waals surface area (Å²) < 4.78 is 10.4. The Morgan fingerprint density at radius 1 is 1.00 bits per heavy atom. The standard InChI is InChI=1S/C15H10Cl2N2O2/c16-12-7-6-11(13(17)8-12)9-20-15-14(18-21-19-15)10-4-2-1-3-5-10/h1-8H,9H2. The molecule has 3 rings (SSSR count). The maximum Gasteiger partial charge on any atom is 0.284 e. The highest BCUT2D eigenvalue weighted by atomic mass is 35.5. The van der Waals surface area contributed by atoms with Gasteiger partial charge in [0.25, 0.3) is 5.88 Å². The summed E-state index contributed by atoms with van der Waals surface area (Å²) in [7, 11) is 0. The number of hydrogen-bond acceptors (Lipinski definition) is 4. The van der Waals surface area contributed by atoms with E-state index in [2.05, 4.69) is 10.3 Å². The quantitative estimate of drug-likeness (QED) is 0.703. The van der Waals surface area contributed by atoms with Crippen molar-refractivity contribution in [3.05, 3.63) is 64.1 Å². The van der Waals surface area contributed by atoms with Crippen LogP contribution in [0.25, 0.3) is 11.3 Å². The van der Waals surface area contributed by atoms with Gasteiger partial charge in [0.15, 0.2) is 5.69 Å². The van der Waals surface area contributed by atoms with Crippen LogP contribution >= 0.6 is 23.2 Å². The van der Waals surface area contributed by atoms with Gasteiger partial charge in [0.05, 0.1) is 0 Å². The fraction of sp³-hybridized carbons (Fsp3) is 0.0667. The van der Waals surface area contributed by atoms with Crippen LogP contribution in [0.5, 0.6) is 5.88 Å². The highest BCUT2D eigenvalue weighted by Crippen LogP contribution is 2.28. The average Bonchev–Trinajstić information content (AvgIpc) is 2.96. The molecule has 0 fully saturated rings. The fourth-order valence-electron chi connectivity index (χ4n) is 1.83. The van der Waals surface area contributed by atoms with Crippen molar-refractivity contribution >= 4 is 23.2 Å². The third kappa shape index (κ3) is 3.17. The molecule has 0 spiro atoms. The molecule has 0 saturated heterocycles. The minimum Gasteiger partial charge on any atom is -0.469 e. The van der Waals surface area contributed by atoms with Gasteiger partial charge in [0.1, 0.15) is 6.61 Å². The summed E-state index contributed by atoms with van der Waals surface area (Å²) in [6.07, 6.45) is 0. The molecule has 21 heavy (non-hydrogen) atoms. The number of aromatic nitrogens is 2. The van der Waals surface area contributed by atoms with Gasteiger partial charge in [-0.25, -0.2) is 4.63 Å². The van der Waals surface area contributed by atoms with E-state index in [4.69, 9.17) is 32.6 Å². The molecule has 6 heteroatoms. The first-order chi connectivity index (χ1) is 10.2. The Balaban J connectivity index is 1.79. The van der Waals surface area contributed by atoms with Crippen molar-refractivity contribution in [3.63, 3.8) is 0 Å². The molecule has 0 aliphatic heterocycles. The van der Waals surface area contributed by atoms with E-state index < -0.39 is 0 Å². The number of halogens is 2. The third-order valence-electron chi connectivity index (χ3n) is 2.89. The molecule has 0 atom stereocenters. The summed E-state index contributed by atoms with van der Waals surface area (Å²) >= 11 is 12.0. The summed E-state index contributed by atoms with van der Waals surface area (Å²) in [4.78, 5) is 0. The second kappa shape index (κ2) is 6.16. The molecule has 1 heterocycles. The SMILES string of the molecule is Clc1ccc(COc2nonc2-c2ccccc2)c(Cl)c1. The van der Waals surface area contributed by atoms with Crippen LogP contribution in [-0.2, 0) is 6.61 Å². The summed E-state index contributed by atoms with van der Waals surface area (Å²) in [6.45, 7) is 0.254. The van der Waals surface area contributed by atoms with E-state index in [0.717, 1.165) is 11.1 Å². The smallest absolute Gasteiger partial charge is 0.284 e. The van der Waals surface area contributed by atoms with E-state index in [9.17, 15) is 0 Å². The summed E-state index contributed by atoms with van der Waals surface area (Å²) in [5.74, 6) is 0.326. The van der Waals surface area contributed by atoms with E-state index in [0.29, 0.717) is 21.6 Å². The first-order valence-electron chi connectivity index (χ1n) is 6.19. The first-order valence-corrected chi connectivity index (χ1v) is 6.94. The van der Waals surface area contributed by atoms with Gasteiger partial charge in [-0.1, -0.05) is 59.6 Å². The van der Waals surface area contributed by atoms with Gasteiger partial charge in [-0.15, -0.1) is 0 Å². The van der Waals surface area contributed by atoms with Crippen molar-refractivity contribution < 1.29 is 9.37 Å². The van der Waals surface area contributed by atoms with E-state index in [-0.39, 0.29) is 6.61 Å². The van der Waals surface area contributed by atoms with Gasteiger partial charge in [-0.05, 0) is 22.4 Å². The van der Waals surface area contributed by atoms with Crippen molar-refractivity contribution in [1.29, 1.82) is 0 Å². The topological polar surface area (TPSA) is 48.2 Å². The normalized spacial score (nSPS) is 10.6. The first kappa shape index (κ1) is 13.9. The van der Waals surface area contributed by atoms with Gasteiger partial charge >= 0.3 is 0 Å². The molecule has 0 aliphatic rings. The van der Waals surface area contributed by atoms with Crippen LogP contribution in [0.4, 0.5) is 0 Å². The van der Waals surface area contributed by atoms with Gasteiger partial charge in [-0.3, -0.25) is 0 Å². The maximum absolute atomic E-state index is 6.10. The van der Waals surface area contributed by atoms with Crippen molar-refractivity contribution in [2.75, 3.05) is 0 Å². The molecular weight excluding hydrogens is 311 g/mol. The number of rotatable bonds is 4. The predicted molar refractivity (Wildman–Crippen MR) is 80.5 cm³/mol. The number of ether oxygens (including phenoxy) is 1. The van der Waals surface area contributed by atoms with Crippen LogP contribution in [-0.4, -0.2) is 10.3 Å². The van der Waals surface area contributed by atoms with Gasteiger partial charge in [-0.2, -0.15) is 0 Å². The molecule has 0 aliphatic carbocycles. The lowest BCUT2D eigenvalue weighted by Crippen LogP contribution is -1.97. The molecule has 0 saturated carbocycles. The number of nitrogens with zero attached hydrogens (tertiary/aromatic N) is 2. The minimum absolute atomic E-state index is 0.254. The number of hydrogen-bond donors (Lipinski definition) is 0. The van der Waals surface area contributed by atoms with Crippen LogP contribution in [0.2, 0.25) is 10.0 Å². The van der Waals surface area contributed by atoms with E-state index in [1.807, 2.05) is 30.3 Å². The van der Waals surface area contributed by atoms with Gasteiger partial charge in [0, 0.05) is 21.2 Å². The Kier molecular flexibility index (Phi) is 4.08. The molecule has 0 N–H and O–H groups in total. The molecular formula is C15H10Cl2N2O2. The molecule has 0 unspecified atom stereocenters. The van der Waals surface area contributed by atoms with Crippen molar-refractivity contribution in [2.45, 2.75) is 6.61 Å². The fourth-order valence-corrected chi connectivity index (χ4v) is 2.30. The van der Waals surface area contributed by atoms with Crippen LogP contribution in [0.3, 0.4) is 0 Å². The molecule has 4 nitrogen and oxygen atoms in total. The summed E-state index contributed by atoms with van der Waals surface area (Å²) in [5, 5.41) is 8.77. The molecule has 2 aromatic carbocycles. The molecule has 0 radical (unpaired) electrons. The lowest BCUT2D eigenvalue weighted by atomic mass is 10.2. The van der Waals surface area contributed by atoms with Crippen LogP contribution in [0, 0.1) is 0 Å². The van der Waals surface area contributed by atoms with Crippen LogP contribution in [0.15, 0.2) is 53.2 Å². The Morgan fingerprint density at radius 2 is 1.81 bits per heavy atom. The third-order valence-corrected chi connectivity index (χ3v) is 3.47. The Morgan fingerprint density at radius 3 is 2.57 bits per heavy atom. The van der Waals surface area contributed by atoms with E-state index in [1.54, 1.807) is 18.2 Å². The highest BCUT2D eigenvalue weighted by molar-refractivity contribution is 6.35. The molecule has 3 aromatic rings. The van der Waals surface area contributed by atoms with E-state index in [1.165, 1.54) is 0 Å². The van der Waals surface area contributed by atoms with Gasteiger partial charge < -0.3 is 4.74 Å². The van der Waals surface area contributed by atoms with E-state index >= 15 is 0 Å². The molecule has 0 amide bonds. The maximum atomic E-state index is 6.10. The lowest BCUT2D eigenvalue weighted by molar-refractivity contribution is 0.249. The predicted octanol–water partition coefficient (Wildman–Crippen LogP) is 4.62. The zero-order valence-electron chi connectivity index (χ0n) is 10.8. The van der Waals surface area contributed by atoms with Crippen LogP contribution < -0.4 is 4.74 Å². The Hall–Kier alpha value is -2.04. The average molecular weight is 321 g/mol. The summed E-state index contributed by atoms with van der Waals surface area (Å²) in [5.41, 5.74) is 2.24. The Labute approximate surface area is 131 Å². The molecule has 0 bridgehead atoms. The lowest BCUT2D eigenvalue weighted by Gasteiger charge is -2.06. The molecule has 106 valence electrons. The van der Waals surface area contributed by atoms with Crippen LogP contribution in [0.1, 0.15) is 5.56 Å². The minimum atomic E-state index is 0.254. The van der Waals surface area contributed by atoms with Crippen molar-refractivity contribution in [3.8, 4) is 17.1 Å². The second-order valence-corrected chi connectivity index (χ2v) is 5.15. The molecule has 1 aromatic heterocycles.